The standard InChI is InChI=1S/C19H20FNO3/c1-21(13-14-24-18-10-6-4-8-16(18)20)19(22)12-11-15-7-3-5-9-17(15)23-2/h3-12H,13-14H2,1-2H3/b12-11+. The van der Waals surface area contributed by atoms with Gasteiger partial charge in [0, 0.05) is 18.7 Å². The second kappa shape index (κ2) is 8.72. The maximum Gasteiger partial charge on any atom is 0.246 e. The third-order valence-electron chi connectivity index (χ3n) is 3.44. The van der Waals surface area contributed by atoms with Crippen LogP contribution in [-0.2, 0) is 4.79 Å². The Morgan fingerprint density at radius 2 is 1.79 bits per heavy atom. The first kappa shape index (κ1) is 17.5. The molecule has 0 fully saturated rings. The molecule has 0 aliphatic carbocycles. The summed E-state index contributed by atoms with van der Waals surface area (Å²) >= 11 is 0. The SMILES string of the molecule is COc1ccccc1/C=C/C(=O)N(C)CCOc1ccccc1F. The molecule has 0 aromatic heterocycles. The van der Waals surface area contributed by atoms with Crippen molar-refractivity contribution in [3.05, 3.63) is 66.0 Å². The Morgan fingerprint density at radius 1 is 1.12 bits per heavy atom. The fourth-order valence-corrected chi connectivity index (χ4v) is 2.06. The number of amides is 1. The first-order valence-corrected chi connectivity index (χ1v) is 7.55. The molecule has 0 N–H and O–H groups in total. The number of nitrogens with zero attached hydrogens (tertiary/aromatic N) is 1. The van der Waals surface area contributed by atoms with E-state index in [1.807, 2.05) is 24.3 Å². The molecule has 126 valence electrons. The van der Waals surface area contributed by atoms with Gasteiger partial charge in [-0.3, -0.25) is 4.79 Å². The Balaban J connectivity index is 1.86. The van der Waals surface area contributed by atoms with E-state index in [9.17, 15) is 9.18 Å². The number of ether oxygens (including phenoxy) is 2. The van der Waals surface area contributed by atoms with E-state index in [0.29, 0.717) is 12.3 Å². The largest absolute Gasteiger partial charge is 0.496 e. The van der Waals surface area contributed by atoms with Crippen LogP contribution in [0.3, 0.4) is 0 Å². The lowest BCUT2D eigenvalue weighted by Crippen LogP contribution is -2.29. The van der Waals surface area contributed by atoms with Crippen molar-refractivity contribution in [2.45, 2.75) is 0 Å². The number of hydrogen-bond acceptors (Lipinski definition) is 3. The van der Waals surface area contributed by atoms with Gasteiger partial charge in [-0.25, -0.2) is 4.39 Å². The molecule has 24 heavy (non-hydrogen) atoms. The molecule has 1 amide bonds. The summed E-state index contributed by atoms with van der Waals surface area (Å²) in [6, 6.07) is 13.6. The predicted octanol–water partition coefficient (Wildman–Crippen LogP) is 3.38. The number of carbonyl (C=O) groups excluding carboxylic acids is 1. The number of para-hydroxylation sites is 2. The maximum absolute atomic E-state index is 13.4. The van der Waals surface area contributed by atoms with E-state index >= 15 is 0 Å². The summed E-state index contributed by atoms with van der Waals surface area (Å²) in [5.74, 6) is 0.301. The molecule has 0 unspecified atom stereocenters. The molecule has 0 saturated carbocycles. The number of halogens is 1. The van der Waals surface area contributed by atoms with Crippen molar-refractivity contribution >= 4 is 12.0 Å². The summed E-state index contributed by atoms with van der Waals surface area (Å²) in [4.78, 5) is 13.6. The number of benzene rings is 2. The van der Waals surface area contributed by atoms with Crippen molar-refractivity contribution in [1.29, 1.82) is 0 Å². The van der Waals surface area contributed by atoms with Gasteiger partial charge in [0.2, 0.25) is 5.91 Å². The van der Waals surface area contributed by atoms with Gasteiger partial charge in [0.15, 0.2) is 11.6 Å². The molecule has 0 radical (unpaired) electrons. The van der Waals surface area contributed by atoms with Gasteiger partial charge >= 0.3 is 0 Å². The average Bonchev–Trinajstić information content (AvgIpc) is 2.61. The minimum absolute atomic E-state index is 0.168. The lowest BCUT2D eigenvalue weighted by atomic mass is 10.2. The van der Waals surface area contributed by atoms with Gasteiger partial charge in [0.25, 0.3) is 0 Å². The lowest BCUT2D eigenvalue weighted by molar-refractivity contribution is -0.125. The van der Waals surface area contributed by atoms with E-state index in [-0.39, 0.29) is 18.3 Å². The topological polar surface area (TPSA) is 38.8 Å². The molecule has 0 spiro atoms. The van der Waals surface area contributed by atoms with Crippen LogP contribution in [0.4, 0.5) is 4.39 Å². The molecule has 0 aliphatic rings. The van der Waals surface area contributed by atoms with Gasteiger partial charge < -0.3 is 14.4 Å². The van der Waals surface area contributed by atoms with E-state index in [1.54, 1.807) is 38.4 Å². The summed E-state index contributed by atoms with van der Waals surface area (Å²) in [7, 11) is 3.25. The van der Waals surface area contributed by atoms with Gasteiger partial charge in [-0.05, 0) is 24.3 Å². The van der Waals surface area contributed by atoms with E-state index < -0.39 is 5.82 Å². The van der Waals surface area contributed by atoms with Crippen LogP contribution >= 0.6 is 0 Å². The molecule has 2 aromatic rings. The number of hydrogen-bond donors (Lipinski definition) is 0. The molecule has 4 nitrogen and oxygen atoms in total. The Hall–Kier alpha value is -2.82. The minimum atomic E-state index is -0.414. The highest BCUT2D eigenvalue weighted by Gasteiger charge is 2.07. The molecule has 2 rings (SSSR count). The Bertz CT molecular complexity index is 715. The van der Waals surface area contributed by atoms with Crippen molar-refractivity contribution in [2.75, 3.05) is 27.3 Å². The Kier molecular flexibility index (Phi) is 6.37. The number of carbonyl (C=O) groups is 1. The number of rotatable bonds is 7. The summed E-state index contributed by atoms with van der Waals surface area (Å²) in [6.45, 7) is 0.565. The summed E-state index contributed by atoms with van der Waals surface area (Å²) in [5.41, 5.74) is 0.823. The average molecular weight is 329 g/mol. The fourth-order valence-electron chi connectivity index (χ4n) is 2.06. The second-order valence-electron chi connectivity index (χ2n) is 5.11. The molecule has 0 heterocycles. The zero-order valence-corrected chi connectivity index (χ0v) is 13.7. The van der Waals surface area contributed by atoms with Gasteiger partial charge in [-0.2, -0.15) is 0 Å². The van der Waals surface area contributed by atoms with Crippen LogP contribution in [0.5, 0.6) is 11.5 Å². The number of likely N-dealkylation sites (N-methyl/N-ethyl adjacent to an activating group) is 1. The van der Waals surface area contributed by atoms with Crippen molar-refractivity contribution in [3.8, 4) is 11.5 Å². The van der Waals surface area contributed by atoms with Gasteiger partial charge in [0.1, 0.15) is 12.4 Å². The summed E-state index contributed by atoms with van der Waals surface area (Å²) < 4.78 is 24.0. The highest BCUT2D eigenvalue weighted by atomic mass is 19.1. The van der Waals surface area contributed by atoms with Crippen molar-refractivity contribution < 1.29 is 18.7 Å². The maximum atomic E-state index is 13.4. The Morgan fingerprint density at radius 3 is 2.50 bits per heavy atom. The summed E-state index contributed by atoms with van der Waals surface area (Å²) in [5, 5.41) is 0. The lowest BCUT2D eigenvalue weighted by Gasteiger charge is -2.15. The van der Waals surface area contributed by atoms with Crippen LogP contribution in [0, 0.1) is 5.82 Å². The fraction of sp³-hybridized carbons (Fsp3) is 0.211. The molecule has 0 atom stereocenters. The van der Waals surface area contributed by atoms with Crippen molar-refractivity contribution in [2.24, 2.45) is 0 Å². The molecule has 0 bridgehead atoms. The first-order chi connectivity index (χ1) is 11.6. The smallest absolute Gasteiger partial charge is 0.246 e. The molecular formula is C19H20FNO3. The second-order valence-corrected chi connectivity index (χ2v) is 5.11. The van der Waals surface area contributed by atoms with Crippen LogP contribution in [0.1, 0.15) is 5.56 Å². The van der Waals surface area contributed by atoms with Gasteiger partial charge in [0.05, 0.1) is 13.7 Å². The monoisotopic (exact) mass is 329 g/mol. The minimum Gasteiger partial charge on any atom is -0.496 e. The first-order valence-electron chi connectivity index (χ1n) is 7.55. The third-order valence-corrected chi connectivity index (χ3v) is 3.44. The molecular weight excluding hydrogens is 309 g/mol. The Labute approximate surface area is 141 Å². The molecule has 0 saturated heterocycles. The van der Waals surface area contributed by atoms with Crippen LogP contribution in [0.2, 0.25) is 0 Å². The van der Waals surface area contributed by atoms with Crippen molar-refractivity contribution in [1.82, 2.24) is 4.90 Å². The van der Waals surface area contributed by atoms with Crippen LogP contribution in [0.15, 0.2) is 54.6 Å². The van der Waals surface area contributed by atoms with E-state index in [0.717, 1.165) is 5.56 Å². The van der Waals surface area contributed by atoms with E-state index in [2.05, 4.69) is 0 Å². The molecule has 5 heteroatoms. The quantitative estimate of drug-likeness (QED) is 0.731. The zero-order valence-electron chi connectivity index (χ0n) is 13.7. The zero-order chi connectivity index (χ0) is 17.4. The summed E-state index contributed by atoms with van der Waals surface area (Å²) in [6.07, 6.45) is 3.18. The third kappa shape index (κ3) is 4.84. The van der Waals surface area contributed by atoms with Crippen LogP contribution < -0.4 is 9.47 Å². The molecule has 0 aliphatic heterocycles. The molecule has 2 aromatic carbocycles. The van der Waals surface area contributed by atoms with Gasteiger partial charge in [-0.15, -0.1) is 0 Å². The van der Waals surface area contributed by atoms with Crippen LogP contribution in [-0.4, -0.2) is 38.1 Å². The highest BCUT2D eigenvalue weighted by molar-refractivity contribution is 5.92. The predicted molar refractivity (Wildman–Crippen MR) is 91.6 cm³/mol. The normalized spacial score (nSPS) is 10.6. The van der Waals surface area contributed by atoms with E-state index in [1.165, 1.54) is 17.0 Å². The van der Waals surface area contributed by atoms with E-state index in [4.69, 9.17) is 9.47 Å². The number of methoxy groups -OCH3 is 1. The van der Waals surface area contributed by atoms with Gasteiger partial charge in [-0.1, -0.05) is 30.3 Å². The van der Waals surface area contributed by atoms with Crippen LogP contribution in [0.25, 0.3) is 6.08 Å². The van der Waals surface area contributed by atoms with Crippen molar-refractivity contribution in [3.63, 3.8) is 0 Å². The highest BCUT2D eigenvalue weighted by Crippen LogP contribution is 2.18.